The van der Waals surface area contributed by atoms with E-state index in [0.717, 1.165) is 21.7 Å². The van der Waals surface area contributed by atoms with Crippen molar-refractivity contribution in [2.45, 2.75) is 6.42 Å². The van der Waals surface area contributed by atoms with Crippen molar-refractivity contribution in [3.05, 3.63) is 59.6 Å². The van der Waals surface area contributed by atoms with Crippen LogP contribution in [0.4, 0.5) is 0 Å². The lowest BCUT2D eigenvalue weighted by Gasteiger charge is -2.01. The smallest absolute Gasteiger partial charge is 0.193 e. The number of hydrogen-bond donors (Lipinski definition) is 0. The molecule has 0 saturated carbocycles. The number of nitrogens with zero attached hydrogens (tertiary/aromatic N) is 4. The fraction of sp³-hybridized carbons (Fsp3) is 0.0667. The fourth-order valence-electron chi connectivity index (χ4n) is 2.26. The molecule has 0 bridgehead atoms. The number of rotatable bonds is 3. The van der Waals surface area contributed by atoms with E-state index >= 15 is 0 Å². The Morgan fingerprint density at radius 3 is 2.90 bits per heavy atom. The van der Waals surface area contributed by atoms with Crippen LogP contribution in [0.5, 0.6) is 0 Å². The van der Waals surface area contributed by atoms with Crippen LogP contribution in [0.2, 0.25) is 0 Å². The minimum atomic E-state index is 0.0355. The molecule has 0 radical (unpaired) electrons. The highest BCUT2D eigenvalue weighted by Crippen LogP contribution is 2.15. The van der Waals surface area contributed by atoms with Gasteiger partial charge in [-0.05, 0) is 18.2 Å². The van der Waals surface area contributed by atoms with Gasteiger partial charge in [0.1, 0.15) is 0 Å². The Kier molecular flexibility index (Phi) is 2.75. The molecule has 6 heteroatoms. The number of fused-ring (bicyclic) bond motifs is 2. The van der Waals surface area contributed by atoms with Crippen LogP contribution >= 0.6 is 11.3 Å². The third-order valence-electron chi connectivity index (χ3n) is 3.28. The molecule has 4 aromatic rings. The van der Waals surface area contributed by atoms with Gasteiger partial charge in [-0.15, -0.1) is 11.3 Å². The van der Waals surface area contributed by atoms with E-state index in [4.69, 9.17) is 0 Å². The van der Waals surface area contributed by atoms with Crippen LogP contribution in [0.15, 0.2) is 48.4 Å². The first-order chi connectivity index (χ1) is 10.3. The van der Waals surface area contributed by atoms with Crippen LogP contribution in [-0.4, -0.2) is 25.1 Å². The molecule has 102 valence electrons. The van der Waals surface area contributed by atoms with Crippen molar-refractivity contribution in [3.63, 3.8) is 0 Å². The maximum Gasteiger partial charge on any atom is 0.193 e. The molecule has 0 atom stereocenters. The second-order valence-corrected chi connectivity index (χ2v) is 5.56. The Labute approximate surface area is 123 Å². The highest BCUT2D eigenvalue weighted by molar-refractivity contribution is 7.15. The Balaban J connectivity index is 1.64. The number of thiazole rings is 1. The van der Waals surface area contributed by atoms with Crippen molar-refractivity contribution in [1.82, 2.24) is 19.4 Å². The molecule has 3 aromatic heterocycles. The van der Waals surface area contributed by atoms with Gasteiger partial charge in [0, 0.05) is 35.7 Å². The van der Waals surface area contributed by atoms with Crippen molar-refractivity contribution in [3.8, 4) is 0 Å². The number of carbonyl (C=O) groups excluding carboxylic acids is 1. The topological polar surface area (TPSA) is 60.2 Å². The van der Waals surface area contributed by atoms with Gasteiger partial charge in [0.25, 0.3) is 0 Å². The summed E-state index contributed by atoms with van der Waals surface area (Å²) in [6.07, 6.45) is 7.39. The van der Waals surface area contributed by atoms with Crippen molar-refractivity contribution < 1.29 is 4.79 Å². The molecule has 0 N–H and O–H groups in total. The number of aromatic nitrogens is 4. The summed E-state index contributed by atoms with van der Waals surface area (Å²) < 4.78 is 1.93. The monoisotopic (exact) mass is 294 g/mol. The Morgan fingerprint density at radius 1 is 1.19 bits per heavy atom. The summed E-state index contributed by atoms with van der Waals surface area (Å²) in [5.41, 5.74) is 2.94. The van der Waals surface area contributed by atoms with E-state index in [2.05, 4.69) is 15.0 Å². The van der Waals surface area contributed by atoms with E-state index in [1.165, 1.54) is 0 Å². The van der Waals surface area contributed by atoms with Crippen molar-refractivity contribution >= 4 is 33.1 Å². The molecule has 0 unspecified atom stereocenters. The van der Waals surface area contributed by atoms with Gasteiger partial charge in [-0.1, -0.05) is 0 Å². The Morgan fingerprint density at radius 2 is 2.05 bits per heavy atom. The van der Waals surface area contributed by atoms with Gasteiger partial charge < -0.3 is 0 Å². The van der Waals surface area contributed by atoms with E-state index in [9.17, 15) is 4.79 Å². The van der Waals surface area contributed by atoms with Gasteiger partial charge in [-0.2, -0.15) is 0 Å². The van der Waals surface area contributed by atoms with Crippen LogP contribution in [0.25, 0.3) is 16.0 Å². The third-order valence-corrected chi connectivity index (χ3v) is 4.05. The summed E-state index contributed by atoms with van der Waals surface area (Å²) in [6, 6.07) is 5.39. The molecule has 4 rings (SSSR count). The second kappa shape index (κ2) is 4.75. The number of benzene rings is 1. The molecule has 0 amide bonds. The van der Waals surface area contributed by atoms with Crippen LogP contribution < -0.4 is 0 Å². The molecule has 0 fully saturated rings. The normalized spacial score (nSPS) is 11.2. The first-order valence-electron chi connectivity index (χ1n) is 6.45. The largest absolute Gasteiger partial charge is 0.297 e. The average molecular weight is 294 g/mol. The molecule has 3 heterocycles. The lowest BCUT2D eigenvalue weighted by atomic mass is 10.1. The summed E-state index contributed by atoms with van der Waals surface area (Å²) in [4.78, 5) is 26.1. The molecule has 0 aliphatic carbocycles. The second-order valence-electron chi connectivity index (χ2n) is 4.68. The molecular formula is C15H10N4OS. The molecule has 1 aromatic carbocycles. The first kappa shape index (κ1) is 12.2. The third kappa shape index (κ3) is 2.19. The molecule has 0 saturated heterocycles. The van der Waals surface area contributed by atoms with E-state index in [0.29, 0.717) is 12.0 Å². The lowest BCUT2D eigenvalue weighted by molar-refractivity contribution is 0.0992. The van der Waals surface area contributed by atoms with Crippen LogP contribution in [0, 0.1) is 0 Å². The maximum absolute atomic E-state index is 12.4. The number of carbonyl (C=O) groups is 1. The first-order valence-corrected chi connectivity index (χ1v) is 7.32. The Bertz CT molecular complexity index is 928. The average Bonchev–Trinajstić information content (AvgIpc) is 3.08. The summed E-state index contributed by atoms with van der Waals surface area (Å²) in [5.74, 6) is 0.0355. The predicted octanol–water partition coefficient (Wildman–Crippen LogP) is 2.76. The van der Waals surface area contributed by atoms with Crippen LogP contribution in [0.1, 0.15) is 16.1 Å². The van der Waals surface area contributed by atoms with Crippen molar-refractivity contribution in [2.24, 2.45) is 0 Å². The zero-order valence-electron chi connectivity index (χ0n) is 10.9. The number of hydrogen-bond acceptors (Lipinski definition) is 5. The van der Waals surface area contributed by atoms with Crippen LogP contribution in [0.3, 0.4) is 0 Å². The quantitative estimate of drug-likeness (QED) is 0.545. The van der Waals surface area contributed by atoms with Gasteiger partial charge in [-0.25, -0.2) is 4.98 Å². The predicted molar refractivity (Wildman–Crippen MR) is 80.6 cm³/mol. The molecule has 0 spiro atoms. The zero-order valence-corrected chi connectivity index (χ0v) is 11.7. The van der Waals surface area contributed by atoms with Gasteiger partial charge in [0.15, 0.2) is 10.7 Å². The molecule has 21 heavy (non-hydrogen) atoms. The molecule has 5 nitrogen and oxygen atoms in total. The number of imidazole rings is 1. The van der Waals surface area contributed by atoms with Gasteiger partial charge in [-0.3, -0.25) is 19.2 Å². The SMILES string of the molecule is O=C(Cc1cn2ccsc2n1)c1ccc2nccnc2c1. The summed E-state index contributed by atoms with van der Waals surface area (Å²) in [5, 5.41) is 1.97. The highest BCUT2D eigenvalue weighted by Gasteiger charge is 2.11. The molecule has 0 aliphatic rings. The standard InChI is InChI=1S/C15H10N4OS/c20-14(8-11-9-19-5-6-21-15(19)18-11)10-1-2-12-13(7-10)17-4-3-16-12/h1-7,9H,8H2. The zero-order chi connectivity index (χ0) is 14.2. The minimum Gasteiger partial charge on any atom is -0.297 e. The summed E-state index contributed by atoms with van der Waals surface area (Å²) >= 11 is 1.56. The van der Waals surface area contributed by atoms with Crippen molar-refractivity contribution in [2.75, 3.05) is 0 Å². The number of Topliss-reactive ketones (excluding diaryl/α,β-unsaturated/α-hetero) is 1. The highest BCUT2D eigenvalue weighted by atomic mass is 32.1. The lowest BCUT2D eigenvalue weighted by Crippen LogP contribution is -2.04. The minimum absolute atomic E-state index is 0.0355. The summed E-state index contributed by atoms with van der Waals surface area (Å²) in [7, 11) is 0. The van der Waals surface area contributed by atoms with E-state index in [1.54, 1.807) is 35.9 Å². The Hall–Kier alpha value is -2.60. The van der Waals surface area contributed by atoms with Crippen molar-refractivity contribution in [1.29, 1.82) is 0 Å². The molecular weight excluding hydrogens is 284 g/mol. The van der Waals surface area contributed by atoms with E-state index in [1.807, 2.05) is 28.2 Å². The van der Waals surface area contributed by atoms with E-state index in [-0.39, 0.29) is 5.78 Å². The number of ketones is 1. The van der Waals surface area contributed by atoms with Gasteiger partial charge in [0.2, 0.25) is 0 Å². The van der Waals surface area contributed by atoms with E-state index < -0.39 is 0 Å². The summed E-state index contributed by atoms with van der Waals surface area (Å²) in [6.45, 7) is 0. The fourth-order valence-corrected chi connectivity index (χ4v) is 2.98. The van der Waals surface area contributed by atoms with Crippen LogP contribution in [-0.2, 0) is 6.42 Å². The van der Waals surface area contributed by atoms with Gasteiger partial charge in [0.05, 0.1) is 23.1 Å². The van der Waals surface area contributed by atoms with Gasteiger partial charge >= 0.3 is 0 Å². The molecule has 0 aliphatic heterocycles. The maximum atomic E-state index is 12.4.